The number of benzene rings is 2. The Balaban J connectivity index is 1.91. The van der Waals surface area contributed by atoms with Gasteiger partial charge in [-0.3, -0.25) is 10.1 Å². The average Bonchev–Trinajstić information content (AvgIpc) is 2.84. The van der Waals surface area contributed by atoms with E-state index in [9.17, 15) is 13.6 Å². The van der Waals surface area contributed by atoms with Gasteiger partial charge in [0.1, 0.15) is 0 Å². The highest BCUT2D eigenvalue weighted by Gasteiger charge is 2.16. The summed E-state index contributed by atoms with van der Waals surface area (Å²) in [7, 11) is 0. The molecule has 0 atom stereocenters. The molecule has 2 N–H and O–H groups in total. The van der Waals surface area contributed by atoms with E-state index in [0.717, 1.165) is 17.6 Å². The molecule has 0 radical (unpaired) electrons. The number of hydrogen-bond donors (Lipinski definition) is 2. The molecule has 0 aliphatic rings. The number of aromatic nitrogens is 2. The average molecular weight is 308 g/mol. The maximum Gasteiger partial charge on any atom is 0.259 e. The zero-order chi connectivity index (χ0) is 15.0. The molecule has 0 aliphatic heterocycles. The number of aromatic amines is 1. The SMILES string of the molecule is O=C(Nc1nc2ccccc2[nH]1)c1cc(F)c(F)cc1Cl. The number of halogens is 3. The number of amides is 1. The van der Waals surface area contributed by atoms with Gasteiger partial charge in [-0.25, -0.2) is 13.8 Å². The number of imidazole rings is 1. The lowest BCUT2D eigenvalue weighted by Crippen LogP contribution is -2.14. The molecular formula is C14H8ClF2N3O. The second-order valence-electron chi connectivity index (χ2n) is 4.30. The van der Waals surface area contributed by atoms with Crippen LogP contribution in [0.5, 0.6) is 0 Å². The van der Waals surface area contributed by atoms with Crippen LogP contribution in [-0.2, 0) is 0 Å². The molecule has 1 aromatic heterocycles. The van der Waals surface area contributed by atoms with E-state index >= 15 is 0 Å². The van der Waals surface area contributed by atoms with E-state index in [2.05, 4.69) is 15.3 Å². The second kappa shape index (κ2) is 5.14. The summed E-state index contributed by atoms with van der Waals surface area (Å²) in [6, 6.07) is 8.69. The second-order valence-corrected chi connectivity index (χ2v) is 4.71. The van der Waals surface area contributed by atoms with Gasteiger partial charge < -0.3 is 4.98 Å². The first-order valence-corrected chi connectivity index (χ1v) is 6.33. The summed E-state index contributed by atoms with van der Waals surface area (Å²) in [5.41, 5.74) is 1.24. The van der Waals surface area contributed by atoms with Crippen molar-refractivity contribution in [2.75, 3.05) is 5.32 Å². The van der Waals surface area contributed by atoms with Crippen molar-refractivity contribution in [2.24, 2.45) is 0 Å². The molecule has 3 aromatic rings. The van der Waals surface area contributed by atoms with Gasteiger partial charge in [0, 0.05) is 0 Å². The highest BCUT2D eigenvalue weighted by Crippen LogP contribution is 2.21. The van der Waals surface area contributed by atoms with E-state index in [-0.39, 0.29) is 16.5 Å². The monoisotopic (exact) mass is 307 g/mol. The number of fused-ring (bicyclic) bond motifs is 1. The van der Waals surface area contributed by atoms with Gasteiger partial charge in [-0.05, 0) is 24.3 Å². The van der Waals surface area contributed by atoms with E-state index in [1.54, 1.807) is 18.2 Å². The molecule has 1 heterocycles. The molecule has 0 saturated carbocycles. The van der Waals surface area contributed by atoms with Gasteiger partial charge in [0.15, 0.2) is 11.6 Å². The molecule has 0 bridgehead atoms. The topological polar surface area (TPSA) is 57.8 Å². The van der Waals surface area contributed by atoms with Crippen molar-refractivity contribution in [1.82, 2.24) is 9.97 Å². The lowest BCUT2D eigenvalue weighted by Gasteiger charge is -2.05. The van der Waals surface area contributed by atoms with Gasteiger partial charge in [-0.2, -0.15) is 0 Å². The van der Waals surface area contributed by atoms with Crippen molar-refractivity contribution in [1.29, 1.82) is 0 Å². The molecule has 4 nitrogen and oxygen atoms in total. The Hall–Kier alpha value is -2.47. The number of rotatable bonds is 2. The van der Waals surface area contributed by atoms with Crippen molar-refractivity contribution in [3.05, 3.63) is 58.6 Å². The van der Waals surface area contributed by atoms with Gasteiger partial charge in [0.05, 0.1) is 21.6 Å². The van der Waals surface area contributed by atoms with Crippen LogP contribution in [0, 0.1) is 11.6 Å². The number of hydrogen-bond acceptors (Lipinski definition) is 2. The maximum atomic E-state index is 13.2. The fraction of sp³-hybridized carbons (Fsp3) is 0. The van der Waals surface area contributed by atoms with Gasteiger partial charge >= 0.3 is 0 Å². The number of para-hydroxylation sites is 2. The number of nitrogens with one attached hydrogen (secondary N) is 2. The van der Waals surface area contributed by atoms with Gasteiger partial charge in [0.25, 0.3) is 5.91 Å². The zero-order valence-corrected chi connectivity index (χ0v) is 11.2. The minimum absolute atomic E-state index is 0.170. The molecule has 106 valence electrons. The predicted octanol–water partition coefficient (Wildman–Crippen LogP) is 3.75. The lowest BCUT2D eigenvalue weighted by molar-refractivity contribution is 0.102. The lowest BCUT2D eigenvalue weighted by atomic mass is 10.2. The molecule has 0 fully saturated rings. The van der Waals surface area contributed by atoms with Crippen LogP contribution in [-0.4, -0.2) is 15.9 Å². The number of carbonyl (C=O) groups excluding carboxylic acids is 1. The van der Waals surface area contributed by atoms with Gasteiger partial charge in [-0.15, -0.1) is 0 Å². The number of carbonyl (C=O) groups is 1. The van der Waals surface area contributed by atoms with Crippen molar-refractivity contribution in [3.63, 3.8) is 0 Å². The first-order valence-electron chi connectivity index (χ1n) is 5.95. The molecule has 0 saturated heterocycles. The van der Waals surface area contributed by atoms with Crippen molar-refractivity contribution in [3.8, 4) is 0 Å². The molecule has 21 heavy (non-hydrogen) atoms. The smallest absolute Gasteiger partial charge is 0.259 e. The summed E-state index contributed by atoms with van der Waals surface area (Å²) in [5, 5.41) is 2.28. The summed E-state index contributed by atoms with van der Waals surface area (Å²) in [6.07, 6.45) is 0. The molecule has 3 rings (SSSR count). The first kappa shape index (κ1) is 13.5. The molecule has 7 heteroatoms. The Kier molecular flexibility index (Phi) is 3.31. The van der Waals surface area contributed by atoms with Crippen LogP contribution < -0.4 is 5.32 Å². The summed E-state index contributed by atoms with van der Waals surface area (Å²) in [6.45, 7) is 0. The predicted molar refractivity (Wildman–Crippen MR) is 75.4 cm³/mol. The van der Waals surface area contributed by atoms with Crippen LogP contribution in [0.4, 0.5) is 14.7 Å². The standard InChI is InChI=1S/C14H8ClF2N3O/c15-8-6-10(17)9(16)5-7(8)13(21)20-14-18-11-3-1-2-4-12(11)19-14/h1-6H,(H2,18,19,20,21). The Morgan fingerprint density at radius 1 is 1.19 bits per heavy atom. The molecule has 0 unspecified atom stereocenters. The summed E-state index contributed by atoms with van der Waals surface area (Å²) >= 11 is 5.74. The van der Waals surface area contributed by atoms with Crippen LogP contribution in [0.2, 0.25) is 5.02 Å². The minimum Gasteiger partial charge on any atom is -0.324 e. The van der Waals surface area contributed by atoms with Crippen LogP contribution in [0.3, 0.4) is 0 Å². The third kappa shape index (κ3) is 2.57. The van der Waals surface area contributed by atoms with E-state index in [0.29, 0.717) is 5.52 Å². The first-order chi connectivity index (χ1) is 10.0. The molecule has 0 aliphatic carbocycles. The van der Waals surface area contributed by atoms with Gasteiger partial charge in [-0.1, -0.05) is 23.7 Å². The number of nitrogens with zero attached hydrogens (tertiary/aromatic N) is 1. The highest BCUT2D eigenvalue weighted by atomic mass is 35.5. The fourth-order valence-corrected chi connectivity index (χ4v) is 2.12. The number of anilines is 1. The van der Waals surface area contributed by atoms with Gasteiger partial charge in [0.2, 0.25) is 5.95 Å². The van der Waals surface area contributed by atoms with E-state index in [1.165, 1.54) is 0 Å². The highest BCUT2D eigenvalue weighted by molar-refractivity contribution is 6.34. The Morgan fingerprint density at radius 2 is 1.90 bits per heavy atom. The van der Waals surface area contributed by atoms with Crippen molar-refractivity contribution >= 4 is 34.5 Å². The molecule has 1 amide bonds. The third-order valence-corrected chi connectivity index (χ3v) is 3.19. The van der Waals surface area contributed by atoms with E-state index in [4.69, 9.17) is 11.6 Å². The molecule has 0 spiro atoms. The fourth-order valence-electron chi connectivity index (χ4n) is 1.88. The largest absolute Gasteiger partial charge is 0.324 e. The Labute approximate surface area is 122 Å². The quantitative estimate of drug-likeness (QED) is 0.708. The van der Waals surface area contributed by atoms with E-state index < -0.39 is 17.5 Å². The van der Waals surface area contributed by atoms with Crippen LogP contribution in [0.15, 0.2) is 36.4 Å². The Morgan fingerprint density at radius 3 is 2.67 bits per heavy atom. The van der Waals surface area contributed by atoms with E-state index in [1.807, 2.05) is 6.07 Å². The van der Waals surface area contributed by atoms with Crippen LogP contribution >= 0.6 is 11.6 Å². The van der Waals surface area contributed by atoms with Crippen LogP contribution in [0.25, 0.3) is 11.0 Å². The van der Waals surface area contributed by atoms with Crippen molar-refractivity contribution < 1.29 is 13.6 Å². The van der Waals surface area contributed by atoms with Crippen LogP contribution in [0.1, 0.15) is 10.4 Å². The number of H-pyrrole nitrogens is 1. The van der Waals surface area contributed by atoms with Crippen molar-refractivity contribution in [2.45, 2.75) is 0 Å². The molecule has 2 aromatic carbocycles. The minimum atomic E-state index is -1.14. The normalized spacial score (nSPS) is 10.8. The maximum absolute atomic E-state index is 13.2. The summed E-state index contributed by atoms with van der Waals surface area (Å²) in [4.78, 5) is 19.1. The summed E-state index contributed by atoms with van der Waals surface area (Å²) < 4.78 is 26.2. The zero-order valence-electron chi connectivity index (χ0n) is 10.5. The molecular weight excluding hydrogens is 300 g/mol. The Bertz CT molecular complexity index is 814. The third-order valence-electron chi connectivity index (χ3n) is 2.88. The summed E-state index contributed by atoms with van der Waals surface area (Å²) in [5.74, 6) is -2.74.